The Labute approximate surface area is 114 Å². The summed E-state index contributed by atoms with van der Waals surface area (Å²) in [5, 5.41) is 21.9. The number of nitrogens with two attached hydrogens (primary N) is 1. The van der Waals surface area contributed by atoms with E-state index in [4.69, 9.17) is 5.73 Å². The number of nitrogens with zero attached hydrogens (tertiary/aromatic N) is 3. The number of rotatable bonds is 6. The Balaban J connectivity index is 3.72. The second-order valence-corrected chi connectivity index (χ2v) is 3.91. The van der Waals surface area contributed by atoms with E-state index < -0.39 is 27.1 Å². The van der Waals surface area contributed by atoms with Crippen LogP contribution in [0.5, 0.6) is 0 Å². The number of non-ortho nitro benzene ring substituents is 1. The van der Waals surface area contributed by atoms with Crippen LogP contribution in [0.4, 0.5) is 17.1 Å². The highest BCUT2D eigenvalue weighted by atomic mass is 16.6. The van der Waals surface area contributed by atoms with Crippen LogP contribution in [0, 0.1) is 20.2 Å². The predicted octanol–water partition coefficient (Wildman–Crippen LogP) is 1.45. The summed E-state index contributed by atoms with van der Waals surface area (Å²) in [5.41, 5.74) is 3.93. The third-order valence-electron chi connectivity index (χ3n) is 2.83. The van der Waals surface area contributed by atoms with Gasteiger partial charge in [-0.2, -0.15) is 0 Å². The average molecular weight is 282 g/mol. The highest BCUT2D eigenvalue weighted by Gasteiger charge is 2.29. The zero-order valence-corrected chi connectivity index (χ0v) is 11.0. The third kappa shape index (κ3) is 2.82. The van der Waals surface area contributed by atoms with Crippen LogP contribution in [0.15, 0.2) is 12.1 Å². The summed E-state index contributed by atoms with van der Waals surface area (Å²) < 4.78 is 0. The Bertz CT molecular complexity index is 533. The lowest BCUT2D eigenvalue weighted by Crippen LogP contribution is -2.27. The van der Waals surface area contributed by atoms with Gasteiger partial charge in [-0.3, -0.25) is 25.0 Å². The lowest BCUT2D eigenvalue weighted by atomic mass is 10.1. The quantitative estimate of drug-likeness (QED) is 0.620. The fourth-order valence-electron chi connectivity index (χ4n) is 1.91. The summed E-state index contributed by atoms with van der Waals surface area (Å²) in [5.74, 6) is -0.946. The number of amides is 1. The maximum Gasteiger partial charge on any atom is 0.300 e. The van der Waals surface area contributed by atoms with E-state index in [9.17, 15) is 25.0 Å². The molecular formula is C11H14N4O5. The Morgan fingerprint density at radius 2 is 1.75 bits per heavy atom. The smallest absolute Gasteiger partial charge is 0.300 e. The molecule has 0 aliphatic rings. The fourth-order valence-corrected chi connectivity index (χ4v) is 1.91. The highest BCUT2D eigenvalue weighted by Crippen LogP contribution is 2.35. The van der Waals surface area contributed by atoms with E-state index in [1.807, 2.05) is 0 Å². The van der Waals surface area contributed by atoms with Crippen LogP contribution in [0.1, 0.15) is 24.2 Å². The Kier molecular flexibility index (Phi) is 4.57. The summed E-state index contributed by atoms with van der Waals surface area (Å²) in [6, 6.07) is 1.79. The van der Waals surface area contributed by atoms with Crippen molar-refractivity contribution in [3.8, 4) is 0 Å². The predicted molar refractivity (Wildman–Crippen MR) is 71.8 cm³/mol. The van der Waals surface area contributed by atoms with Crippen molar-refractivity contribution in [2.24, 2.45) is 5.73 Å². The van der Waals surface area contributed by atoms with Crippen molar-refractivity contribution in [3.05, 3.63) is 37.9 Å². The molecule has 0 saturated carbocycles. The SMILES string of the molecule is CCN(CC)c1c(C(N)=O)cc([N+](=O)[O-])cc1[N+](=O)[O-]. The molecule has 0 fully saturated rings. The first-order valence-corrected chi connectivity index (χ1v) is 5.85. The first-order chi connectivity index (χ1) is 9.33. The second-order valence-electron chi connectivity index (χ2n) is 3.91. The van der Waals surface area contributed by atoms with Gasteiger partial charge in [0.05, 0.1) is 21.5 Å². The minimum atomic E-state index is -0.946. The lowest BCUT2D eigenvalue weighted by Gasteiger charge is -2.22. The molecule has 0 aromatic heterocycles. The molecule has 0 radical (unpaired) electrons. The molecule has 1 aromatic rings. The van der Waals surface area contributed by atoms with Gasteiger partial charge in [0.15, 0.2) is 0 Å². The Morgan fingerprint density at radius 3 is 2.10 bits per heavy atom. The molecule has 9 heteroatoms. The summed E-state index contributed by atoms with van der Waals surface area (Å²) in [4.78, 5) is 33.4. The van der Waals surface area contributed by atoms with Crippen LogP contribution in [-0.4, -0.2) is 28.8 Å². The molecule has 1 rings (SSSR count). The van der Waals surface area contributed by atoms with Gasteiger partial charge in [0, 0.05) is 19.2 Å². The number of hydrogen-bond donors (Lipinski definition) is 1. The van der Waals surface area contributed by atoms with Gasteiger partial charge in [-0.25, -0.2) is 0 Å². The summed E-state index contributed by atoms with van der Waals surface area (Å²) >= 11 is 0. The van der Waals surface area contributed by atoms with Crippen molar-refractivity contribution in [1.29, 1.82) is 0 Å². The van der Waals surface area contributed by atoms with Crippen LogP contribution in [0.3, 0.4) is 0 Å². The van der Waals surface area contributed by atoms with Gasteiger partial charge in [-0.05, 0) is 13.8 Å². The number of anilines is 1. The van der Waals surface area contributed by atoms with Crippen LogP contribution in [-0.2, 0) is 0 Å². The third-order valence-corrected chi connectivity index (χ3v) is 2.83. The Hall–Kier alpha value is -2.71. The van der Waals surface area contributed by atoms with Gasteiger partial charge in [0.25, 0.3) is 17.3 Å². The number of carbonyl (C=O) groups excluding carboxylic acids is 1. The normalized spacial score (nSPS) is 10.1. The number of nitro benzene ring substituents is 2. The van der Waals surface area contributed by atoms with Crippen molar-refractivity contribution in [2.45, 2.75) is 13.8 Å². The molecule has 0 atom stereocenters. The minimum absolute atomic E-state index is 0.0121. The number of carbonyl (C=O) groups is 1. The maximum atomic E-state index is 11.5. The van der Waals surface area contributed by atoms with E-state index in [-0.39, 0.29) is 11.3 Å². The second kappa shape index (κ2) is 5.95. The first kappa shape index (κ1) is 15.3. The fraction of sp³-hybridized carbons (Fsp3) is 0.364. The van der Waals surface area contributed by atoms with Gasteiger partial charge in [-0.15, -0.1) is 0 Å². The lowest BCUT2D eigenvalue weighted by molar-refractivity contribution is -0.393. The number of hydrogen-bond acceptors (Lipinski definition) is 6. The van der Waals surface area contributed by atoms with E-state index in [1.165, 1.54) is 0 Å². The highest BCUT2D eigenvalue weighted by molar-refractivity contribution is 6.01. The first-order valence-electron chi connectivity index (χ1n) is 5.85. The molecule has 0 bridgehead atoms. The molecule has 0 saturated heterocycles. The molecule has 20 heavy (non-hydrogen) atoms. The molecule has 1 aromatic carbocycles. The molecule has 0 unspecified atom stereocenters. The molecule has 1 amide bonds. The largest absolute Gasteiger partial charge is 0.366 e. The molecular weight excluding hydrogens is 268 g/mol. The van der Waals surface area contributed by atoms with Crippen molar-refractivity contribution in [1.82, 2.24) is 0 Å². The van der Waals surface area contributed by atoms with E-state index in [0.29, 0.717) is 13.1 Å². The van der Waals surface area contributed by atoms with Gasteiger partial charge >= 0.3 is 0 Å². The van der Waals surface area contributed by atoms with E-state index >= 15 is 0 Å². The summed E-state index contributed by atoms with van der Waals surface area (Å²) in [6.45, 7) is 4.30. The average Bonchev–Trinajstić information content (AvgIpc) is 2.39. The van der Waals surface area contributed by atoms with E-state index in [2.05, 4.69) is 0 Å². The molecule has 108 valence electrons. The van der Waals surface area contributed by atoms with Gasteiger partial charge in [-0.1, -0.05) is 0 Å². The topological polar surface area (TPSA) is 133 Å². The number of nitro groups is 2. The molecule has 2 N–H and O–H groups in total. The van der Waals surface area contributed by atoms with Gasteiger partial charge in [0.2, 0.25) is 0 Å². The monoisotopic (exact) mass is 282 g/mol. The van der Waals surface area contributed by atoms with Crippen molar-refractivity contribution in [3.63, 3.8) is 0 Å². The van der Waals surface area contributed by atoms with Crippen molar-refractivity contribution < 1.29 is 14.6 Å². The van der Waals surface area contributed by atoms with Crippen LogP contribution in [0.25, 0.3) is 0 Å². The van der Waals surface area contributed by atoms with Crippen molar-refractivity contribution in [2.75, 3.05) is 18.0 Å². The minimum Gasteiger partial charge on any atom is -0.366 e. The molecule has 0 heterocycles. The van der Waals surface area contributed by atoms with Gasteiger partial charge < -0.3 is 10.6 Å². The number of primary amides is 1. The van der Waals surface area contributed by atoms with Crippen LogP contribution >= 0.6 is 0 Å². The van der Waals surface area contributed by atoms with E-state index in [0.717, 1.165) is 12.1 Å². The zero-order valence-electron chi connectivity index (χ0n) is 11.0. The molecule has 9 nitrogen and oxygen atoms in total. The summed E-state index contributed by atoms with van der Waals surface area (Å²) in [6.07, 6.45) is 0. The summed E-state index contributed by atoms with van der Waals surface area (Å²) in [7, 11) is 0. The molecule has 0 aliphatic heterocycles. The standard InChI is InChI=1S/C11H14N4O5/c1-3-13(4-2)10-8(11(12)16)5-7(14(17)18)6-9(10)15(19)20/h5-6H,3-4H2,1-2H3,(H2,12,16). The van der Waals surface area contributed by atoms with E-state index in [1.54, 1.807) is 18.7 Å². The number of benzene rings is 1. The van der Waals surface area contributed by atoms with Crippen molar-refractivity contribution >= 4 is 23.0 Å². The van der Waals surface area contributed by atoms with Crippen LogP contribution in [0.2, 0.25) is 0 Å². The van der Waals surface area contributed by atoms with Crippen LogP contribution < -0.4 is 10.6 Å². The zero-order chi connectivity index (χ0) is 15.4. The molecule has 0 aliphatic carbocycles. The Morgan fingerprint density at radius 1 is 1.20 bits per heavy atom. The molecule has 0 spiro atoms. The van der Waals surface area contributed by atoms with Gasteiger partial charge in [0.1, 0.15) is 5.69 Å². The maximum absolute atomic E-state index is 11.5.